The first-order valence-corrected chi connectivity index (χ1v) is 8.98. The van der Waals surface area contributed by atoms with Crippen LogP contribution in [0.2, 0.25) is 0 Å². The number of amides is 1. The lowest BCUT2D eigenvalue weighted by molar-refractivity contribution is 0.0102. The Kier molecular flexibility index (Phi) is 4.97. The van der Waals surface area contributed by atoms with Gasteiger partial charge < -0.3 is 14.2 Å². The zero-order valence-electron chi connectivity index (χ0n) is 15.2. The lowest BCUT2D eigenvalue weighted by Gasteiger charge is -2.34. The summed E-state index contributed by atoms with van der Waals surface area (Å²) in [6.07, 6.45) is 1.08. The third kappa shape index (κ3) is 3.49. The van der Waals surface area contributed by atoms with Gasteiger partial charge in [0.25, 0.3) is 5.91 Å². The second kappa shape index (κ2) is 6.84. The first-order valence-electron chi connectivity index (χ1n) is 8.98. The SMILES string of the molecule is CC[C@H]1CN(C(=O)c2cc(C(C)(C)C)on2)C[C@H]1N1CCOCC1. The molecule has 2 fully saturated rings. The molecule has 2 atom stereocenters. The van der Waals surface area contributed by atoms with Crippen LogP contribution in [0.25, 0.3) is 0 Å². The van der Waals surface area contributed by atoms with Gasteiger partial charge in [0.1, 0.15) is 5.76 Å². The van der Waals surface area contributed by atoms with Crippen LogP contribution in [0.3, 0.4) is 0 Å². The Hall–Kier alpha value is -1.40. The van der Waals surface area contributed by atoms with Crippen LogP contribution in [-0.4, -0.2) is 66.3 Å². The van der Waals surface area contributed by atoms with Crippen molar-refractivity contribution in [3.05, 3.63) is 17.5 Å². The monoisotopic (exact) mass is 335 g/mol. The van der Waals surface area contributed by atoms with Crippen LogP contribution in [0.4, 0.5) is 0 Å². The fourth-order valence-electron chi connectivity index (χ4n) is 3.64. The van der Waals surface area contributed by atoms with Gasteiger partial charge in [-0.15, -0.1) is 0 Å². The molecule has 0 unspecified atom stereocenters. The molecule has 3 rings (SSSR count). The zero-order valence-corrected chi connectivity index (χ0v) is 15.2. The Morgan fingerprint density at radius 2 is 2.00 bits per heavy atom. The summed E-state index contributed by atoms with van der Waals surface area (Å²) < 4.78 is 10.8. The number of carbonyl (C=O) groups excluding carboxylic acids is 1. The van der Waals surface area contributed by atoms with Crippen molar-refractivity contribution in [2.45, 2.75) is 45.6 Å². The smallest absolute Gasteiger partial charge is 0.276 e. The summed E-state index contributed by atoms with van der Waals surface area (Å²) in [6.45, 7) is 13.4. The number of ether oxygens (including phenoxy) is 1. The predicted octanol–water partition coefficient (Wildman–Crippen LogP) is 2.15. The number of aromatic nitrogens is 1. The fourth-order valence-corrected chi connectivity index (χ4v) is 3.64. The Labute approximate surface area is 144 Å². The number of hydrogen-bond acceptors (Lipinski definition) is 5. The van der Waals surface area contributed by atoms with Gasteiger partial charge in [-0.1, -0.05) is 39.3 Å². The van der Waals surface area contributed by atoms with Crippen LogP contribution in [0, 0.1) is 5.92 Å². The molecule has 1 amide bonds. The van der Waals surface area contributed by atoms with Gasteiger partial charge in [0.2, 0.25) is 0 Å². The van der Waals surface area contributed by atoms with Crippen molar-refractivity contribution in [1.82, 2.24) is 15.0 Å². The predicted molar refractivity (Wildman–Crippen MR) is 91.1 cm³/mol. The van der Waals surface area contributed by atoms with E-state index in [1.807, 2.05) is 4.90 Å². The van der Waals surface area contributed by atoms with E-state index in [2.05, 4.69) is 37.8 Å². The minimum absolute atomic E-state index is 0.0107. The standard InChI is InChI=1S/C18H29N3O3/c1-5-13-11-21(12-15(13)20-6-8-23-9-7-20)17(22)14-10-16(24-19-14)18(2,3)4/h10,13,15H,5-9,11-12H2,1-4H3/t13-,15+/m0/s1. The molecule has 1 aromatic rings. The van der Waals surface area contributed by atoms with Crippen LogP contribution >= 0.6 is 0 Å². The molecule has 6 nitrogen and oxygen atoms in total. The summed E-state index contributed by atoms with van der Waals surface area (Å²) in [5.74, 6) is 1.26. The third-order valence-corrected chi connectivity index (χ3v) is 5.20. The lowest BCUT2D eigenvalue weighted by Crippen LogP contribution is -2.47. The molecule has 0 bridgehead atoms. The van der Waals surface area contributed by atoms with E-state index in [0.29, 0.717) is 17.7 Å². The van der Waals surface area contributed by atoms with Crippen LogP contribution in [0.5, 0.6) is 0 Å². The van der Waals surface area contributed by atoms with Crippen LogP contribution in [-0.2, 0) is 10.2 Å². The molecule has 1 aromatic heterocycles. The number of nitrogens with zero attached hydrogens (tertiary/aromatic N) is 3. The van der Waals surface area contributed by atoms with Crippen molar-refractivity contribution < 1.29 is 14.1 Å². The maximum atomic E-state index is 12.8. The molecule has 0 spiro atoms. The molecular weight excluding hydrogens is 306 g/mol. The summed E-state index contributed by atoms with van der Waals surface area (Å²) in [4.78, 5) is 17.3. The molecule has 134 valence electrons. The van der Waals surface area contributed by atoms with Crippen LogP contribution in [0.1, 0.15) is 50.4 Å². The Morgan fingerprint density at radius 1 is 1.29 bits per heavy atom. The van der Waals surface area contributed by atoms with Crippen molar-refractivity contribution in [2.24, 2.45) is 5.92 Å². The summed E-state index contributed by atoms with van der Waals surface area (Å²) in [5.41, 5.74) is 0.288. The number of likely N-dealkylation sites (tertiary alicyclic amines) is 1. The molecule has 0 N–H and O–H groups in total. The molecule has 24 heavy (non-hydrogen) atoms. The number of rotatable bonds is 3. The van der Waals surface area contributed by atoms with E-state index in [4.69, 9.17) is 9.26 Å². The maximum Gasteiger partial charge on any atom is 0.276 e. The number of carbonyl (C=O) groups is 1. The van der Waals surface area contributed by atoms with Gasteiger partial charge in [-0.2, -0.15) is 0 Å². The van der Waals surface area contributed by atoms with Crippen LogP contribution < -0.4 is 0 Å². The maximum absolute atomic E-state index is 12.8. The highest BCUT2D eigenvalue weighted by atomic mass is 16.5. The van der Waals surface area contributed by atoms with Crippen molar-refractivity contribution in [3.8, 4) is 0 Å². The molecule has 3 heterocycles. The molecule has 0 aliphatic carbocycles. The summed E-state index contributed by atoms with van der Waals surface area (Å²) in [7, 11) is 0. The topological polar surface area (TPSA) is 58.8 Å². The fraction of sp³-hybridized carbons (Fsp3) is 0.778. The molecule has 2 aliphatic rings. The summed E-state index contributed by atoms with van der Waals surface area (Å²) in [5, 5.41) is 4.02. The van der Waals surface area contributed by atoms with E-state index in [1.165, 1.54) is 0 Å². The molecule has 2 saturated heterocycles. The zero-order chi connectivity index (χ0) is 17.3. The van der Waals surface area contributed by atoms with E-state index >= 15 is 0 Å². The van der Waals surface area contributed by atoms with Gasteiger partial charge in [-0.3, -0.25) is 9.69 Å². The normalized spacial score (nSPS) is 26.1. The Balaban J connectivity index is 1.70. The van der Waals surface area contributed by atoms with Gasteiger partial charge in [0.15, 0.2) is 5.69 Å². The number of hydrogen-bond donors (Lipinski definition) is 0. The van der Waals surface area contributed by atoms with Crippen molar-refractivity contribution >= 4 is 5.91 Å². The minimum Gasteiger partial charge on any atom is -0.379 e. The van der Waals surface area contributed by atoms with Crippen LogP contribution in [0.15, 0.2) is 10.6 Å². The van der Waals surface area contributed by atoms with Gasteiger partial charge in [-0.05, 0) is 5.92 Å². The molecular formula is C18H29N3O3. The van der Waals surface area contributed by atoms with Crippen molar-refractivity contribution in [1.29, 1.82) is 0 Å². The number of morpholine rings is 1. The van der Waals surface area contributed by atoms with Gasteiger partial charge in [-0.25, -0.2) is 0 Å². The molecule has 0 saturated carbocycles. The molecule has 6 heteroatoms. The molecule has 2 aliphatic heterocycles. The molecule has 0 radical (unpaired) electrons. The van der Waals surface area contributed by atoms with E-state index in [9.17, 15) is 4.79 Å². The van der Waals surface area contributed by atoms with Gasteiger partial charge in [0, 0.05) is 43.7 Å². The second-order valence-corrected chi connectivity index (χ2v) is 7.92. The molecule has 0 aromatic carbocycles. The van der Waals surface area contributed by atoms with Gasteiger partial charge in [0.05, 0.1) is 13.2 Å². The average Bonchev–Trinajstić information content (AvgIpc) is 3.22. The first kappa shape index (κ1) is 17.4. The van der Waals surface area contributed by atoms with E-state index in [1.54, 1.807) is 6.07 Å². The van der Waals surface area contributed by atoms with E-state index in [-0.39, 0.29) is 11.3 Å². The van der Waals surface area contributed by atoms with E-state index in [0.717, 1.165) is 51.6 Å². The largest absolute Gasteiger partial charge is 0.379 e. The minimum atomic E-state index is -0.140. The van der Waals surface area contributed by atoms with E-state index < -0.39 is 0 Å². The van der Waals surface area contributed by atoms with Crippen molar-refractivity contribution in [3.63, 3.8) is 0 Å². The lowest BCUT2D eigenvalue weighted by atomic mass is 9.93. The third-order valence-electron chi connectivity index (χ3n) is 5.20. The second-order valence-electron chi connectivity index (χ2n) is 7.92. The highest BCUT2D eigenvalue weighted by Crippen LogP contribution is 2.28. The average molecular weight is 335 g/mol. The van der Waals surface area contributed by atoms with Gasteiger partial charge >= 0.3 is 0 Å². The Morgan fingerprint density at radius 3 is 2.58 bits per heavy atom. The van der Waals surface area contributed by atoms with Crippen molar-refractivity contribution in [2.75, 3.05) is 39.4 Å². The highest BCUT2D eigenvalue weighted by molar-refractivity contribution is 5.92. The summed E-state index contributed by atoms with van der Waals surface area (Å²) in [6, 6.07) is 2.22. The summed E-state index contributed by atoms with van der Waals surface area (Å²) >= 11 is 0. The quantitative estimate of drug-likeness (QED) is 0.847. The Bertz CT molecular complexity index is 572. The highest BCUT2D eigenvalue weighted by Gasteiger charge is 2.39. The first-order chi connectivity index (χ1) is 11.4.